The Morgan fingerprint density at radius 3 is 2.45 bits per heavy atom. The largest absolute Gasteiger partial charge is 0.400 e. The van der Waals surface area contributed by atoms with Gasteiger partial charge in [-0.1, -0.05) is 6.58 Å². The summed E-state index contributed by atoms with van der Waals surface area (Å²) in [4.78, 5) is 42.0. The van der Waals surface area contributed by atoms with Crippen molar-refractivity contribution in [2.75, 3.05) is 52.8 Å². The van der Waals surface area contributed by atoms with E-state index < -0.39 is 5.91 Å². The van der Waals surface area contributed by atoms with Gasteiger partial charge in [-0.15, -0.1) is 0 Å². The molecule has 2 atom stereocenters. The Labute approximate surface area is 225 Å². The highest BCUT2D eigenvalue weighted by Crippen LogP contribution is 2.29. The predicted molar refractivity (Wildman–Crippen MR) is 150 cm³/mol. The SMILES string of the molecule is C=CC(=O)Nc1ccc(C(=O)N=C(N)C2=C(N)C(C)(C)N(C)C2)cc1.CN(C)CC(NC=O)C1CCOC1. The van der Waals surface area contributed by atoms with E-state index in [2.05, 4.69) is 27.1 Å². The zero-order valence-corrected chi connectivity index (χ0v) is 23.0. The van der Waals surface area contributed by atoms with E-state index in [0.717, 1.165) is 32.6 Å². The second-order valence-corrected chi connectivity index (χ2v) is 10.2. The average molecular weight is 528 g/mol. The quantitative estimate of drug-likeness (QED) is 0.160. The molecule has 0 radical (unpaired) electrons. The minimum Gasteiger partial charge on any atom is -0.400 e. The topological polar surface area (TPSA) is 155 Å². The third kappa shape index (κ3) is 8.23. The van der Waals surface area contributed by atoms with Crippen LogP contribution < -0.4 is 22.1 Å². The van der Waals surface area contributed by atoms with Gasteiger partial charge in [-0.25, -0.2) is 0 Å². The molecule has 0 saturated carbocycles. The lowest BCUT2D eigenvalue weighted by molar-refractivity contribution is -0.112. The van der Waals surface area contributed by atoms with E-state index in [4.69, 9.17) is 16.2 Å². The number of hydrogen-bond acceptors (Lipinski definition) is 7. The number of amides is 3. The molecule has 0 aliphatic carbocycles. The molecule has 208 valence electrons. The second kappa shape index (κ2) is 13.8. The molecular formula is C27H41N7O4. The number of carbonyl (C=O) groups is 3. The van der Waals surface area contributed by atoms with Crippen LogP contribution >= 0.6 is 0 Å². The van der Waals surface area contributed by atoms with Crippen molar-refractivity contribution in [2.24, 2.45) is 22.4 Å². The minimum atomic E-state index is -0.466. The van der Waals surface area contributed by atoms with Crippen LogP contribution in [0.25, 0.3) is 0 Å². The molecule has 1 fully saturated rings. The molecule has 3 amide bonds. The van der Waals surface area contributed by atoms with Crippen molar-refractivity contribution in [3.63, 3.8) is 0 Å². The Bertz CT molecular complexity index is 1060. The van der Waals surface area contributed by atoms with Gasteiger partial charge in [0.15, 0.2) is 0 Å². The fraction of sp³-hybridized carbons (Fsp3) is 0.481. The highest BCUT2D eigenvalue weighted by Gasteiger charge is 2.36. The number of benzene rings is 1. The third-order valence-corrected chi connectivity index (χ3v) is 6.83. The number of rotatable bonds is 9. The van der Waals surface area contributed by atoms with Gasteiger partial charge in [-0.05, 0) is 71.8 Å². The Morgan fingerprint density at radius 2 is 1.97 bits per heavy atom. The molecule has 1 aromatic rings. The lowest BCUT2D eigenvalue weighted by Gasteiger charge is -2.28. The molecule has 11 nitrogen and oxygen atoms in total. The van der Waals surface area contributed by atoms with Crippen LogP contribution in [-0.4, -0.2) is 92.9 Å². The zero-order valence-electron chi connectivity index (χ0n) is 23.0. The third-order valence-electron chi connectivity index (χ3n) is 6.83. The van der Waals surface area contributed by atoms with Crippen molar-refractivity contribution in [2.45, 2.75) is 31.8 Å². The van der Waals surface area contributed by atoms with Crippen molar-refractivity contribution in [1.29, 1.82) is 0 Å². The molecule has 2 aliphatic heterocycles. The maximum Gasteiger partial charge on any atom is 0.278 e. The summed E-state index contributed by atoms with van der Waals surface area (Å²) in [7, 11) is 5.95. The molecule has 1 aromatic carbocycles. The molecule has 1 saturated heterocycles. The van der Waals surface area contributed by atoms with Crippen molar-refractivity contribution in [3.05, 3.63) is 53.8 Å². The van der Waals surface area contributed by atoms with Crippen LogP contribution in [0.15, 0.2) is 53.2 Å². The number of nitrogens with two attached hydrogens (primary N) is 2. The van der Waals surface area contributed by atoms with Crippen LogP contribution in [0.2, 0.25) is 0 Å². The number of hydrogen-bond donors (Lipinski definition) is 4. The summed E-state index contributed by atoms with van der Waals surface area (Å²) in [6.07, 6.45) is 3.01. The number of amidine groups is 1. The first-order valence-electron chi connectivity index (χ1n) is 12.5. The van der Waals surface area contributed by atoms with E-state index in [1.165, 1.54) is 6.08 Å². The van der Waals surface area contributed by atoms with E-state index >= 15 is 0 Å². The molecule has 2 aliphatic rings. The molecule has 2 heterocycles. The molecule has 38 heavy (non-hydrogen) atoms. The number of aliphatic imine (C=N–C) groups is 1. The standard InChI is InChI=1S/C18H23N5O2.C9H18N2O2/c1-5-14(24)21-12-8-6-11(7-9-12)17(25)22-16(20)13-10-23(4)18(2,3)15(13)19;1-11(2)5-9(10-7-12)8-3-4-13-6-8/h5-9H,1,10,19H2,2-4H3,(H,21,24)(H2,20,22,25);7-9H,3-6H2,1-2H3,(H,10,12). The number of anilines is 1. The van der Waals surface area contributed by atoms with Crippen molar-refractivity contribution in [3.8, 4) is 0 Å². The van der Waals surface area contributed by atoms with Gasteiger partial charge in [0.05, 0.1) is 12.1 Å². The van der Waals surface area contributed by atoms with E-state index in [-0.39, 0.29) is 23.3 Å². The predicted octanol–water partition coefficient (Wildman–Crippen LogP) is 0.944. The number of ether oxygens (including phenoxy) is 1. The van der Waals surface area contributed by atoms with Crippen LogP contribution in [0.3, 0.4) is 0 Å². The molecule has 3 rings (SSSR count). The summed E-state index contributed by atoms with van der Waals surface area (Å²) in [5.74, 6) is -0.181. The number of likely N-dealkylation sites (N-methyl/N-ethyl adjacent to an activating group) is 2. The Kier molecular flexibility index (Phi) is 11.2. The molecule has 0 aromatic heterocycles. The Balaban J connectivity index is 0.000000328. The van der Waals surface area contributed by atoms with E-state index in [1.807, 2.05) is 39.9 Å². The van der Waals surface area contributed by atoms with E-state index in [1.54, 1.807) is 24.3 Å². The van der Waals surface area contributed by atoms with Crippen LogP contribution in [0.5, 0.6) is 0 Å². The summed E-state index contributed by atoms with van der Waals surface area (Å²) in [6, 6.07) is 6.59. The first-order chi connectivity index (χ1) is 17.9. The molecule has 0 spiro atoms. The van der Waals surface area contributed by atoms with Crippen molar-refractivity contribution >= 4 is 29.7 Å². The van der Waals surface area contributed by atoms with Gasteiger partial charge in [0, 0.05) is 54.2 Å². The van der Waals surface area contributed by atoms with E-state index in [0.29, 0.717) is 35.0 Å². The number of nitrogens with zero attached hydrogens (tertiary/aromatic N) is 3. The fourth-order valence-electron chi connectivity index (χ4n) is 4.13. The average Bonchev–Trinajstić information content (AvgIpc) is 3.48. The highest BCUT2D eigenvalue weighted by atomic mass is 16.5. The van der Waals surface area contributed by atoms with Crippen LogP contribution in [-0.2, 0) is 14.3 Å². The van der Waals surface area contributed by atoms with Crippen molar-refractivity contribution in [1.82, 2.24) is 15.1 Å². The summed E-state index contributed by atoms with van der Waals surface area (Å²) in [5, 5.41) is 5.46. The number of carbonyl (C=O) groups excluding carboxylic acids is 3. The first kappa shape index (κ1) is 30.7. The smallest absolute Gasteiger partial charge is 0.278 e. The van der Waals surface area contributed by atoms with Gasteiger partial charge in [0.25, 0.3) is 5.91 Å². The van der Waals surface area contributed by atoms with Gasteiger partial charge in [-0.3, -0.25) is 19.3 Å². The molecule has 11 heteroatoms. The lowest BCUT2D eigenvalue weighted by Crippen LogP contribution is -2.43. The highest BCUT2D eigenvalue weighted by molar-refractivity contribution is 6.09. The maximum absolute atomic E-state index is 12.3. The monoisotopic (exact) mass is 527 g/mol. The Hall–Kier alpha value is -3.54. The van der Waals surface area contributed by atoms with Gasteiger partial charge in [-0.2, -0.15) is 4.99 Å². The molecule has 2 unspecified atom stereocenters. The van der Waals surface area contributed by atoms with Crippen LogP contribution in [0.1, 0.15) is 30.6 Å². The van der Waals surface area contributed by atoms with Crippen molar-refractivity contribution < 1.29 is 19.1 Å². The van der Waals surface area contributed by atoms with Gasteiger partial charge >= 0.3 is 0 Å². The first-order valence-corrected chi connectivity index (χ1v) is 12.5. The zero-order chi connectivity index (χ0) is 28.5. The molecule has 0 bridgehead atoms. The normalized spacial score (nSPS) is 19.9. The summed E-state index contributed by atoms with van der Waals surface area (Å²) in [5.41, 5.74) is 14.0. The summed E-state index contributed by atoms with van der Waals surface area (Å²) in [6.45, 7) is 10.4. The maximum atomic E-state index is 12.3. The molecule has 6 N–H and O–H groups in total. The molecular weight excluding hydrogens is 486 g/mol. The van der Waals surface area contributed by atoms with Gasteiger partial charge in [0.1, 0.15) is 5.84 Å². The number of nitrogens with one attached hydrogen (secondary N) is 2. The van der Waals surface area contributed by atoms with E-state index in [9.17, 15) is 14.4 Å². The van der Waals surface area contributed by atoms with Crippen LogP contribution in [0, 0.1) is 5.92 Å². The second-order valence-electron chi connectivity index (χ2n) is 10.2. The van der Waals surface area contributed by atoms with Gasteiger partial charge < -0.3 is 31.7 Å². The van der Waals surface area contributed by atoms with Crippen LogP contribution in [0.4, 0.5) is 5.69 Å². The van der Waals surface area contributed by atoms with Gasteiger partial charge in [0.2, 0.25) is 12.3 Å². The summed E-state index contributed by atoms with van der Waals surface area (Å²) < 4.78 is 5.29. The Morgan fingerprint density at radius 1 is 1.32 bits per heavy atom. The lowest BCUT2D eigenvalue weighted by atomic mass is 9.99. The fourth-order valence-corrected chi connectivity index (χ4v) is 4.13. The minimum absolute atomic E-state index is 0.129. The summed E-state index contributed by atoms with van der Waals surface area (Å²) >= 11 is 0.